The number of nitrogens with one attached hydrogen (secondary N) is 2. The van der Waals surface area contributed by atoms with Gasteiger partial charge in [-0.15, -0.1) is 0 Å². The van der Waals surface area contributed by atoms with Crippen LogP contribution in [0.3, 0.4) is 0 Å². The topological polar surface area (TPSA) is 79.0 Å². The summed E-state index contributed by atoms with van der Waals surface area (Å²) in [6, 6.07) is 14.4. The molecule has 0 aliphatic rings. The number of aromatic amines is 1. The Bertz CT molecular complexity index is 1110. The van der Waals surface area contributed by atoms with Crippen LogP contribution in [0.15, 0.2) is 53.3 Å². The van der Waals surface area contributed by atoms with Crippen molar-refractivity contribution in [2.75, 3.05) is 6.54 Å². The zero-order chi connectivity index (χ0) is 18.7. The van der Waals surface area contributed by atoms with Crippen molar-refractivity contribution in [3.63, 3.8) is 0 Å². The Morgan fingerprint density at radius 2 is 1.85 bits per heavy atom. The normalized spacial score (nSPS) is 11.8. The van der Waals surface area contributed by atoms with E-state index in [4.69, 9.17) is 11.6 Å². The predicted octanol–water partition coefficient (Wildman–Crippen LogP) is 3.15. The van der Waals surface area contributed by atoms with E-state index in [2.05, 4.69) is 9.71 Å². The van der Waals surface area contributed by atoms with E-state index in [1.807, 2.05) is 31.2 Å². The summed E-state index contributed by atoms with van der Waals surface area (Å²) in [4.78, 5) is 15.0. The lowest BCUT2D eigenvalue weighted by molar-refractivity contribution is 0.580. The Hall–Kier alpha value is -2.15. The molecular formula is C19H19ClN2O3S. The number of halogens is 1. The molecule has 0 aliphatic heterocycles. The van der Waals surface area contributed by atoms with E-state index in [1.54, 1.807) is 24.3 Å². The van der Waals surface area contributed by atoms with Crippen LogP contribution in [0.5, 0.6) is 0 Å². The van der Waals surface area contributed by atoms with Gasteiger partial charge in [0.15, 0.2) is 0 Å². The molecule has 136 valence electrons. The molecule has 0 saturated heterocycles. The number of H-pyrrole nitrogens is 1. The number of hydrogen-bond donors (Lipinski definition) is 2. The van der Waals surface area contributed by atoms with Gasteiger partial charge in [0.05, 0.1) is 5.75 Å². The van der Waals surface area contributed by atoms with E-state index < -0.39 is 10.0 Å². The van der Waals surface area contributed by atoms with Gasteiger partial charge in [-0.1, -0.05) is 41.4 Å². The second-order valence-electron chi connectivity index (χ2n) is 6.21. The number of hydrogen-bond acceptors (Lipinski definition) is 3. The van der Waals surface area contributed by atoms with Crippen LogP contribution in [0.4, 0.5) is 0 Å². The van der Waals surface area contributed by atoms with Gasteiger partial charge >= 0.3 is 0 Å². The number of pyridine rings is 1. The average Bonchev–Trinajstić information content (AvgIpc) is 2.57. The molecule has 0 aliphatic carbocycles. The molecule has 7 heteroatoms. The molecule has 1 heterocycles. The predicted molar refractivity (Wildman–Crippen MR) is 105 cm³/mol. The fraction of sp³-hybridized carbons (Fsp3) is 0.211. The first-order chi connectivity index (χ1) is 12.3. The minimum Gasteiger partial charge on any atom is -0.322 e. The third-order valence-electron chi connectivity index (χ3n) is 4.10. The second-order valence-corrected chi connectivity index (χ2v) is 8.42. The number of fused-ring (bicyclic) bond motifs is 1. The van der Waals surface area contributed by atoms with E-state index in [0.29, 0.717) is 22.6 Å². The van der Waals surface area contributed by atoms with Crippen LogP contribution >= 0.6 is 11.6 Å². The molecule has 26 heavy (non-hydrogen) atoms. The molecule has 0 atom stereocenters. The lowest BCUT2D eigenvalue weighted by Gasteiger charge is -2.08. The fourth-order valence-electron chi connectivity index (χ4n) is 2.77. The molecule has 3 aromatic rings. The Morgan fingerprint density at radius 1 is 1.08 bits per heavy atom. The minimum absolute atomic E-state index is 0.146. The van der Waals surface area contributed by atoms with Crippen LogP contribution in [-0.2, 0) is 22.2 Å². The van der Waals surface area contributed by atoms with Gasteiger partial charge in [-0.3, -0.25) is 4.79 Å². The smallest absolute Gasteiger partial charge is 0.251 e. The van der Waals surface area contributed by atoms with Crippen LogP contribution in [0.2, 0.25) is 5.02 Å². The number of sulfonamides is 1. The van der Waals surface area contributed by atoms with Gasteiger partial charge < -0.3 is 4.98 Å². The molecule has 2 aromatic carbocycles. The molecule has 0 bridgehead atoms. The lowest BCUT2D eigenvalue weighted by Crippen LogP contribution is -2.28. The van der Waals surface area contributed by atoms with Gasteiger partial charge in [-0.25, -0.2) is 13.1 Å². The van der Waals surface area contributed by atoms with E-state index in [-0.39, 0.29) is 17.9 Å². The van der Waals surface area contributed by atoms with E-state index >= 15 is 0 Å². The first kappa shape index (κ1) is 18.6. The third-order valence-corrected chi connectivity index (χ3v) is 5.80. The Morgan fingerprint density at radius 3 is 2.62 bits per heavy atom. The Labute approximate surface area is 157 Å². The molecule has 0 fully saturated rings. The molecule has 0 saturated carbocycles. The summed E-state index contributed by atoms with van der Waals surface area (Å²) < 4.78 is 27.0. The van der Waals surface area contributed by atoms with Crippen molar-refractivity contribution in [2.45, 2.75) is 19.1 Å². The number of rotatable bonds is 6. The molecule has 0 unspecified atom stereocenters. The summed E-state index contributed by atoms with van der Waals surface area (Å²) in [5.74, 6) is -0.194. The molecule has 0 amide bonds. The molecule has 1 aromatic heterocycles. The standard InChI is InChI=1S/C19H19ClN2O3S/c1-13-6-7-18-16(10-13)11-14(19(23)22-18)8-9-21-26(24,25)12-15-4-2-3-5-17(15)20/h2-7,10-11,21H,8-9,12H2,1H3,(H,22,23). The van der Waals surface area contributed by atoms with E-state index in [0.717, 1.165) is 16.5 Å². The minimum atomic E-state index is -3.54. The highest BCUT2D eigenvalue weighted by Crippen LogP contribution is 2.17. The van der Waals surface area contributed by atoms with Crippen LogP contribution in [-0.4, -0.2) is 19.9 Å². The number of aryl methyl sites for hydroxylation is 1. The van der Waals surface area contributed by atoms with Crippen LogP contribution in [0.1, 0.15) is 16.7 Å². The van der Waals surface area contributed by atoms with E-state index in [1.165, 1.54) is 0 Å². The van der Waals surface area contributed by atoms with Gasteiger partial charge in [0.25, 0.3) is 5.56 Å². The van der Waals surface area contributed by atoms with Gasteiger partial charge in [0, 0.05) is 22.6 Å². The maximum Gasteiger partial charge on any atom is 0.251 e. The Kier molecular flexibility index (Phi) is 5.46. The summed E-state index contributed by atoms with van der Waals surface area (Å²) in [5, 5.41) is 1.35. The summed E-state index contributed by atoms with van der Waals surface area (Å²) in [6.45, 7) is 2.13. The molecule has 0 spiro atoms. The lowest BCUT2D eigenvalue weighted by atomic mass is 10.1. The van der Waals surface area contributed by atoms with Crippen molar-refractivity contribution in [3.05, 3.63) is 80.6 Å². The largest absolute Gasteiger partial charge is 0.322 e. The monoisotopic (exact) mass is 390 g/mol. The quantitative estimate of drug-likeness (QED) is 0.678. The van der Waals surface area contributed by atoms with Crippen molar-refractivity contribution in [1.29, 1.82) is 0 Å². The maximum atomic E-state index is 12.2. The third kappa shape index (κ3) is 4.52. The fourth-order valence-corrected chi connectivity index (χ4v) is 4.23. The summed E-state index contributed by atoms with van der Waals surface area (Å²) in [6.07, 6.45) is 0.307. The first-order valence-corrected chi connectivity index (χ1v) is 10.2. The zero-order valence-electron chi connectivity index (χ0n) is 14.3. The van der Waals surface area contributed by atoms with Crippen molar-refractivity contribution in [1.82, 2.24) is 9.71 Å². The van der Waals surface area contributed by atoms with Gasteiger partial charge in [0.2, 0.25) is 10.0 Å². The van der Waals surface area contributed by atoms with Crippen molar-refractivity contribution in [3.8, 4) is 0 Å². The highest BCUT2D eigenvalue weighted by atomic mass is 35.5. The SMILES string of the molecule is Cc1ccc2[nH]c(=O)c(CCNS(=O)(=O)Cc3ccccc3Cl)cc2c1. The van der Waals surface area contributed by atoms with Crippen molar-refractivity contribution < 1.29 is 8.42 Å². The zero-order valence-corrected chi connectivity index (χ0v) is 15.8. The molecule has 2 N–H and O–H groups in total. The number of benzene rings is 2. The van der Waals surface area contributed by atoms with Gasteiger partial charge in [-0.05, 0) is 48.6 Å². The van der Waals surface area contributed by atoms with Crippen LogP contribution < -0.4 is 10.3 Å². The first-order valence-electron chi connectivity index (χ1n) is 8.17. The van der Waals surface area contributed by atoms with E-state index in [9.17, 15) is 13.2 Å². The molecule has 0 radical (unpaired) electrons. The summed E-state index contributed by atoms with van der Waals surface area (Å²) in [5.41, 5.74) is 2.75. The van der Waals surface area contributed by atoms with Gasteiger partial charge in [0.1, 0.15) is 0 Å². The summed E-state index contributed by atoms with van der Waals surface area (Å²) in [7, 11) is -3.54. The molecule has 5 nitrogen and oxygen atoms in total. The molecular weight excluding hydrogens is 372 g/mol. The maximum absolute atomic E-state index is 12.2. The van der Waals surface area contributed by atoms with Crippen LogP contribution in [0, 0.1) is 6.92 Å². The van der Waals surface area contributed by atoms with Crippen molar-refractivity contribution in [2.24, 2.45) is 0 Å². The highest BCUT2D eigenvalue weighted by Gasteiger charge is 2.13. The average molecular weight is 391 g/mol. The summed E-state index contributed by atoms with van der Waals surface area (Å²) >= 11 is 6.01. The van der Waals surface area contributed by atoms with Crippen LogP contribution in [0.25, 0.3) is 10.9 Å². The number of aromatic nitrogens is 1. The molecule has 3 rings (SSSR count). The second kappa shape index (κ2) is 7.61. The van der Waals surface area contributed by atoms with Gasteiger partial charge in [-0.2, -0.15) is 0 Å². The Balaban J connectivity index is 1.69. The highest BCUT2D eigenvalue weighted by molar-refractivity contribution is 7.88. The van der Waals surface area contributed by atoms with Crippen molar-refractivity contribution >= 4 is 32.5 Å².